The number of carbonyl (C=O) groups excluding carboxylic acids is 1. The van der Waals surface area contributed by atoms with Crippen LogP contribution in [0.25, 0.3) is 0 Å². The molecule has 6 nitrogen and oxygen atoms in total. The summed E-state index contributed by atoms with van der Waals surface area (Å²) in [5, 5.41) is 12.7. The second-order valence-corrected chi connectivity index (χ2v) is 11.9. The summed E-state index contributed by atoms with van der Waals surface area (Å²) < 4.78 is 27.5. The third-order valence-electron chi connectivity index (χ3n) is 7.88. The molecule has 7 heteroatoms. The van der Waals surface area contributed by atoms with E-state index >= 15 is 0 Å². The summed E-state index contributed by atoms with van der Waals surface area (Å²) in [4.78, 5) is 13.1. The topological polar surface area (TPSA) is 90.3 Å². The van der Waals surface area contributed by atoms with Crippen LogP contribution in [0.1, 0.15) is 56.9 Å². The van der Waals surface area contributed by atoms with Crippen LogP contribution in [0, 0.1) is 35.0 Å². The van der Waals surface area contributed by atoms with Crippen LogP contribution in [0.3, 0.4) is 0 Å². The Balaban J connectivity index is 1.23. The zero-order chi connectivity index (χ0) is 20.9. The van der Waals surface area contributed by atoms with Crippen LogP contribution in [-0.4, -0.2) is 37.3 Å². The van der Waals surface area contributed by atoms with E-state index in [0.717, 1.165) is 37.0 Å². The molecule has 1 aromatic rings. The van der Waals surface area contributed by atoms with Gasteiger partial charge in [0.05, 0.1) is 10.5 Å². The molecule has 1 heterocycles. The summed E-state index contributed by atoms with van der Waals surface area (Å²) in [6.45, 7) is 0.641. The molecule has 0 radical (unpaired) electrons. The molecule has 1 aromatic carbocycles. The summed E-state index contributed by atoms with van der Waals surface area (Å²) in [5.41, 5.74) is 0.167. The van der Waals surface area contributed by atoms with Crippen molar-refractivity contribution < 1.29 is 13.2 Å². The zero-order valence-electron chi connectivity index (χ0n) is 17.2. The summed E-state index contributed by atoms with van der Waals surface area (Å²) in [5.74, 6) is 2.33. The maximum absolute atomic E-state index is 13.1. The number of nitrogens with one attached hydrogen (secondary N) is 1. The molecule has 5 fully saturated rings. The van der Waals surface area contributed by atoms with Crippen molar-refractivity contribution in [2.75, 3.05) is 13.1 Å². The van der Waals surface area contributed by atoms with Crippen molar-refractivity contribution in [3.8, 4) is 6.07 Å². The third kappa shape index (κ3) is 3.44. The fourth-order valence-electron chi connectivity index (χ4n) is 6.91. The van der Waals surface area contributed by atoms with E-state index < -0.39 is 10.0 Å². The Morgan fingerprint density at radius 1 is 1.03 bits per heavy atom. The van der Waals surface area contributed by atoms with Gasteiger partial charge in [0.25, 0.3) is 0 Å². The quantitative estimate of drug-likeness (QED) is 0.800. The van der Waals surface area contributed by atoms with Crippen LogP contribution in [0.2, 0.25) is 0 Å². The van der Waals surface area contributed by atoms with E-state index in [1.54, 1.807) is 12.1 Å². The lowest BCUT2D eigenvalue weighted by atomic mass is 9.53. The van der Waals surface area contributed by atoms with Gasteiger partial charge in [0.1, 0.15) is 6.07 Å². The summed E-state index contributed by atoms with van der Waals surface area (Å²) in [7, 11) is -3.72. The molecule has 30 heavy (non-hydrogen) atoms. The lowest BCUT2D eigenvalue weighted by molar-refractivity contribution is -0.132. The molecule has 5 aliphatic rings. The molecule has 1 saturated heterocycles. The number of benzene rings is 1. The van der Waals surface area contributed by atoms with Gasteiger partial charge in [0, 0.05) is 24.5 Å². The molecule has 4 bridgehead atoms. The molecular formula is C23H29N3O3S. The van der Waals surface area contributed by atoms with E-state index in [-0.39, 0.29) is 27.8 Å². The first-order valence-electron chi connectivity index (χ1n) is 11.2. The molecule has 1 N–H and O–H groups in total. The molecule has 6 rings (SSSR count). The van der Waals surface area contributed by atoms with E-state index in [1.807, 2.05) is 6.07 Å². The van der Waals surface area contributed by atoms with Crippen LogP contribution < -0.4 is 5.32 Å². The maximum Gasteiger partial charge on any atom is 0.244 e. The largest absolute Gasteiger partial charge is 0.350 e. The van der Waals surface area contributed by atoms with Gasteiger partial charge in [-0.2, -0.15) is 9.57 Å². The molecule has 1 amide bonds. The van der Waals surface area contributed by atoms with Crippen LogP contribution in [0.5, 0.6) is 0 Å². The Bertz CT molecular complexity index is 954. The van der Waals surface area contributed by atoms with E-state index in [9.17, 15) is 18.5 Å². The molecule has 160 valence electrons. The maximum atomic E-state index is 13.1. The van der Waals surface area contributed by atoms with Gasteiger partial charge in [-0.05, 0) is 81.3 Å². The van der Waals surface area contributed by atoms with Gasteiger partial charge < -0.3 is 5.32 Å². The first-order chi connectivity index (χ1) is 14.4. The van der Waals surface area contributed by atoms with E-state index in [1.165, 1.54) is 35.7 Å². The van der Waals surface area contributed by atoms with Crippen LogP contribution in [0.15, 0.2) is 29.2 Å². The summed E-state index contributed by atoms with van der Waals surface area (Å²) in [6, 6.07) is 8.29. The van der Waals surface area contributed by atoms with Crippen molar-refractivity contribution in [3.05, 3.63) is 29.8 Å². The number of carbonyl (C=O) groups is 1. The highest BCUT2D eigenvalue weighted by Gasteiger charge is 2.52. The first-order valence-corrected chi connectivity index (χ1v) is 12.6. The number of amides is 1. The summed E-state index contributed by atoms with van der Waals surface area (Å²) in [6.07, 6.45) is 8.48. The lowest BCUT2D eigenvalue weighted by Crippen LogP contribution is -2.61. The monoisotopic (exact) mass is 427 g/mol. The average molecular weight is 428 g/mol. The third-order valence-corrected chi connectivity index (χ3v) is 9.83. The number of hydrogen-bond donors (Lipinski definition) is 1. The standard InChI is InChI=1S/C23H29N3O3S/c24-15-20-3-1-2-4-21(20)30(28,29)26-7-5-19(6-8-26)22(27)25-23-12-16-9-17(13-23)11-18(10-16)14-23/h1-4,16-19H,5-14H2,(H,25,27). The van der Waals surface area contributed by atoms with Crippen molar-refractivity contribution in [1.82, 2.24) is 9.62 Å². The van der Waals surface area contributed by atoms with Gasteiger partial charge in [-0.25, -0.2) is 8.42 Å². The minimum atomic E-state index is -3.72. The summed E-state index contributed by atoms with van der Waals surface area (Å²) >= 11 is 0. The van der Waals surface area contributed by atoms with E-state index in [2.05, 4.69) is 5.32 Å². The predicted octanol–water partition coefficient (Wildman–Crippen LogP) is 3.04. The van der Waals surface area contributed by atoms with Gasteiger partial charge in [-0.3, -0.25) is 4.79 Å². The highest BCUT2D eigenvalue weighted by atomic mass is 32.2. The first kappa shape index (κ1) is 20.0. The number of nitriles is 1. The zero-order valence-corrected chi connectivity index (χ0v) is 18.0. The molecule has 0 spiro atoms. The van der Waals surface area contributed by atoms with E-state index in [0.29, 0.717) is 25.9 Å². The Kier molecular flexibility index (Phi) is 4.90. The normalized spacial score (nSPS) is 33.9. The Hall–Kier alpha value is -1.91. The Labute approximate surface area is 178 Å². The molecule has 4 saturated carbocycles. The fraction of sp³-hybridized carbons (Fsp3) is 0.652. The molecular weight excluding hydrogens is 398 g/mol. The van der Waals surface area contributed by atoms with Crippen LogP contribution >= 0.6 is 0 Å². The molecule has 1 aliphatic heterocycles. The molecule has 0 aromatic heterocycles. The van der Waals surface area contributed by atoms with Crippen molar-refractivity contribution >= 4 is 15.9 Å². The number of hydrogen-bond acceptors (Lipinski definition) is 4. The molecule has 0 unspecified atom stereocenters. The minimum absolute atomic E-state index is 0.000773. The lowest BCUT2D eigenvalue weighted by Gasteiger charge is -2.57. The van der Waals surface area contributed by atoms with E-state index in [4.69, 9.17) is 0 Å². The van der Waals surface area contributed by atoms with Gasteiger partial charge in [-0.15, -0.1) is 0 Å². The average Bonchev–Trinajstić information content (AvgIpc) is 2.72. The Morgan fingerprint density at radius 3 is 2.17 bits per heavy atom. The number of rotatable bonds is 4. The van der Waals surface area contributed by atoms with Crippen molar-refractivity contribution in [2.45, 2.75) is 61.8 Å². The number of nitrogens with zero attached hydrogens (tertiary/aromatic N) is 2. The number of sulfonamides is 1. The second-order valence-electron chi connectivity index (χ2n) is 9.97. The van der Waals surface area contributed by atoms with Crippen molar-refractivity contribution in [1.29, 1.82) is 5.26 Å². The van der Waals surface area contributed by atoms with Gasteiger partial charge >= 0.3 is 0 Å². The Morgan fingerprint density at radius 2 is 1.60 bits per heavy atom. The van der Waals surface area contributed by atoms with Crippen LogP contribution in [-0.2, 0) is 14.8 Å². The SMILES string of the molecule is N#Cc1ccccc1S(=O)(=O)N1CCC(C(=O)NC23CC4CC(CC(C4)C2)C3)CC1. The second kappa shape index (κ2) is 7.35. The van der Waals surface area contributed by atoms with Gasteiger partial charge in [-0.1, -0.05) is 12.1 Å². The number of piperidine rings is 1. The van der Waals surface area contributed by atoms with Gasteiger partial charge in [0.15, 0.2) is 0 Å². The van der Waals surface area contributed by atoms with Crippen molar-refractivity contribution in [3.63, 3.8) is 0 Å². The fourth-order valence-corrected chi connectivity index (χ4v) is 8.52. The molecule has 0 atom stereocenters. The minimum Gasteiger partial charge on any atom is -0.350 e. The highest BCUT2D eigenvalue weighted by molar-refractivity contribution is 7.89. The van der Waals surface area contributed by atoms with Crippen molar-refractivity contribution in [2.24, 2.45) is 23.7 Å². The highest BCUT2D eigenvalue weighted by Crippen LogP contribution is 2.55. The predicted molar refractivity (Wildman–Crippen MR) is 112 cm³/mol. The molecule has 4 aliphatic carbocycles. The smallest absolute Gasteiger partial charge is 0.244 e. The van der Waals surface area contributed by atoms with Crippen LogP contribution in [0.4, 0.5) is 0 Å². The van der Waals surface area contributed by atoms with Gasteiger partial charge in [0.2, 0.25) is 15.9 Å².